The summed E-state index contributed by atoms with van der Waals surface area (Å²) in [5, 5.41) is 3.77. The van der Waals surface area contributed by atoms with Crippen molar-refractivity contribution in [3.05, 3.63) is 66.4 Å². The molecule has 0 atom stereocenters. The minimum absolute atomic E-state index is 0.300. The fraction of sp³-hybridized carbons (Fsp3) is 0.0952. The minimum Gasteiger partial charge on any atom is -0.496 e. The predicted molar refractivity (Wildman–Crippen MR) is 110 cm³/mol. The summed E-state index contributed by atoms with van der Waals surface area (Å²) in [6.45, 7) is 0. The van der Waals surface area contributed by atoms with Crippen LogP contribution in [0.4, 0.5) is 5.69 Å². The SMILES string of the molecule is COc1cccc(OC)c1C(=O)Nc1ccc(-c2nc3cccnc3s2)cc1. The van der Waals surface area contributed by atoms with E-state index in [1.165, 1.54) is 25.6 Å². The zero-order valence-electron chi connectivity index (χ0n) is 15.3. The van der Waals surface area contributed by atoms with Crippen molar-refractivity contribution in [1.82, 2.24) is 9.97 Å². The van der Waals surface area contributed by atoms with Crippen molar-refractivity contribution < 1.29 is 14.3 Å². The van der Waals surface area contributed by atoms with Crippen molar-refractivity contribution in [1.29, 1.82) is 0 Å². The van der Waals surface area contributed by atoms with Gasteiger partial charge in [0.1, 0.15) is 32.4 Å². The molecule has 0 aliphatic rings. The molecule has 2 aromatic carbocycles. The Labute approximate surface area is 165 Å². The largest absolute Gasteiger partial charge is 0.496 e. The first-order valence-corrected chi connectivity index (χ1v) is 9.35. The van der Waals surface area contributed by atoms with Crippen LogP contribution in [-0.2, 0) is 0 Å². The first-order chi connectivity index (χ1) is 13.7. The van der Waals surface area contributed by atoms with E-state index in [4.69, 9.17) is 9.47 Å². The molecule has 4 rings (SSSR count). The van der Waals surface area contributed by atoms with Gasteiger partial charge in [0.05, 0.1) is 14.2 Å². The number of carbonyl (C=O) groups is 1. The lowest BCUT2D eigenvalue weighted by atomic mass is 10.1. The highest BCUT2D eigenvalue weighted by Gasteiger charge is 2.18. The quantitative estimate of drug-likeness (QED) is 0.537. The second-order valence-corrected chi connectivity index (χ2v) is 6.89. The number of ether oxygens (including phenoxy) is 2. The molecule has 1 amide bonds. The van der Waals surface area contributed by atoms with Crippen LogP contribution >= 0.6 is 11.3 Å². The number of hydrogen-bond donors (Lipinski definition) is 1. The van der Waals surface area contributed by atoms with E-state index in [-0.39, 0.29) is 5.91 Å². The molecule has 140 valence electrons. The van der Waals surface area contributed by atoms with Crippen molar-refractivity contribution in [2.75, 3.05) is 19.5 Å². The maximum Gasteiger partial charge on any atom is 0.263 e. The summed E-state index contributed by atoms with van der Waals surface area (Å²) < 4.78 is 10.6. The molecule has 1 N–H and O–H groups in total. The highest BCUT2D eigenvalue weighted by molar-refractivity contribution is 7.21. The first kappa shape index (κ1) is 17.9. The van der Waals surface area contributed by atoms with Crippen LogP contribution < -0.4 is 14.8 Å². The molecule has 0 aliphatic heterocycles. The lowest BCUT2D eigenvalue weighted by molar-refractivity contribution is 0.102. The van der Waals surface area contributed by atoms with E-state index in [2.05, 4.69) is 15.3 Å². The summed E-state index contributed by atoms with van der Waals surface area (Å²) in [6.07, 6.45) is 1.76. The van der Waals surface area contributed by atoms with Crippen molar-refractivity contribution in [3.63, 3.8) is 0 Å². The topological polar surface area (TPSA) is 73.3 Å². The van der Waals surface area contributed by atoms with Gasteiger partial charge in [-0.25, -0.2) is 9.97 Å². The highest BCUT2D eigenvalue weighted by atomic mass is 32.1. The zero-order valence-corrected chi connectivity index (χ0v) is 16.1. The van der Waals surface area contributed by atoms with Crippen LogP contribution in [0.5, 0.6) is 11.5 Å². The van der Waals surface area contributed by atoms with Gasteiger partial charge in [-0.2, -0.15) is 0 Å². The van der Waals surface area contributed by atoms with Gasteiger partial charge in [0.2, 0.25) is 0 Å². The second-order valence-electron chi connectivity index (χ2n) is 5.92. The smallest absolute Gasteiger partial charge is 0.263 e. The number of rotatable bonds is 5. The Morgan fingerprint density at radius 3 is 2.32 bits per heavy atom. The van der Waals surface area contributed by atoms with Crippen molar-refractivity contribution >= 4 is 33.3 Å². The number of amides is 1. The van der Waals surface area contributed by atoms with Crippen molar-refractivity contribution in [2.45, 2.75) is 0 Å². The van der Waals surface area contributed by atoms with Gasteiger partial charge in [-0.3, -0.25) is 4.79 Å². The van der Waals surface area contributed by atoms with Gasteiger partial charge in [-0.05, 0) is 48.5 Å². The Morgan fingerprint density at radius 1 is 0.964 bits per heavy atom. The van der Waals surface area contributed by atoms with E-state index in [9.17, 15) is 4.79 Å². The van der Waals surface area contributed by atoms with Crippen LogP contribution in [0.3, 0.4) is 0 Å². The third kappa shape index (κ3) is 3.39. The number of thiazole rings is 1. The molecular weight excluding hydrogens is 374 g/mol. The van der Waals surface area contributed by atoms with Crippen LogP contribution in [0.15, 0.2) is 60.8 Å². The Kier molecular flexibility index (Phi) is 4.90. The maximum absolute atomic E-state index is 12.8. The second kappa shape index (κ2) is 7.66. The van der Waals surface area contributed by atoms with Crippen LogP contribution in [0.2, 0.25) is 0 Å². The van der Waals surface area contributed by atoms with E-state index in [0.29, 0.717) is 22.7 Å². The number of nitrogens with one attached hydrogen (secondary N) is 1. The van der Waals surface area contributed by atoms with Gasteiger partial charge in [0.15, 0.2) is 0 Å². The number of methoxy groups -OCH3 is 2. The van der Waals surface area contributed by atoms with Gasteiger partial charge >= 0.3 is 0 Å². The molecule has 7 heteroatoms. The predicted octanol–water partition coefficient (Wildman–Crippen LogP) is 4.63. The van der Waals surface area contributed by atoms with Crippen LogP contribution in [0, 0.1) is 0 Å². The summed E-state index contributed by atoms with van der Waals surface area (Å²) in [7, 11) is 3.04. The molecule has 0 saturated carbocycles. The average Bonchev–Trinajstić information content (AvgIpc) is 3.17. The van der Waals surface area contributed by atoms with Crippen molar-refractivity contribution in [2.24, 2.45) is 0 Å². The number of aromatic nitrogens is 2. The summed E-state index contributed by atoms with van der Waals surface area (Å²) in [5.74, 6) is 0.608. The van der Waals surface area contributed by atoms with Gasteiger partial charge < -0.3 is 14.8 Å². The Hall–Kier alpha value is -3.45. The fourth-order valence-corrected chi connectivity index (χ4v) is 3.77. The Morgan fingerprint density at radius 2 is 1.68 bits per heavy atom. The lowest BCUT2D eigenvalue weighted by Gasteiger charge is -2.13. The monoisotopic (exact) mass is 391 g/mol. The van der Waals surface area contributed by atoms with Crippen LogP contribution in [-0.4, -0.2) is 30.1 Å². The molecule has 0 spiro atoms. The number of benzene rings is 2. The highest BCUT2D eigenvalue weighted by Crippen LogP contribution is 2.31. The normalized spacial score (nSPS) is 10.6. The third-order valence-electron chi connectivity index (χ3n) is 4.21. The van der Waals surface area contributed by atoms with E-state index in [1.807, 2.05) is 36.4 Å². The molecule has 2 heterocycles. The molecule has 6 nitrogen and oxygen atoms in total. The number of fused-ring (bicyclic) bond motifs is 1. The summed E-state index contributed by atoms with van der Waals surface area (Å²) >= 11 is 1.53. The number of nitrogens with zero attached hydrogens (tertiary/aromatic N) is 2. The standard InChI is InChI=1S/C21H17N3O3S/c1-26-16-6-3-7-17(27-2)18(16)19(25)23-14-10-8-13(9-11-14)20-24-15-5-4-12-22-21(15)28-20/h3-12H,1-2H3,(H,23,25). The number of hydrogen-bond acceptors (Lipinski definition) is 6. The van der Waals surface area contributed by atoms with E-state index >= 15 is 0 Å². The molecule has 0 aliphatic carbocycles. The summed E-state index contributed by atoms with van der Waals surface area (Å²) in [5.41, 5.74) is 2.87. The van der Waals surface area contributed by atoms with E-state index < -0.39 is 0 Å². The molecule has 28 heavy (non-hydrogen) atoms. The maximum atomic E-state index is 12.8. The van der Waals surface area contributed by atoms with Gasteiger partial charge in [0, 0.05) is 17.4 Å². The van der Waals surface area contributed by atoms with Gasteiger partial charge in [0.25, 0.3) is 5.91 Å². The van der Waals surface area contributed by atoms with Gasteiger partial charge in [-0.1, -0.05) is 17.4 Å². The number of carbonyl (C=O) groups excluding carboxylic acids is 1. The van der Waals surface area contributed by atoms with Crippen LogP contribution in [0.1, 0.15) is 10.4 Å². The minimum atomic E-state index is -0.300. The Bertz CT molecular complexity index is 1080. The van der Waals surface area contributed by atoms with E-state index in [1.54, 1.807) is 24.4 Å². The van der Waals surface area contributed by atoms with Crippen LogP contribution in [0.25, 0.3) is 20.9 Å². The Balaban J connectivity index is 1.57. The number of pyridine rings is 1. The van der Waals surface area contributed by atoms with E-state index in [0.717, 1.165) is 20.9 Å². The molecule has 0 radical (unpaired) electrons. The average molecular weight is 391 g/mol. The summed E-state index contributed by atoms with van der Waals surface area (Å²) in [6, 6.07) is 16.6. The molecule has 0 bridgehead atoms. The first-order valence-electron chi connectivity index (χ1n) is 8.54. The zero-order chi connectivity index (χ0) is 19.5. The molecule has 2 aromatic heterocycles. The fourth-order valence-electron chi connectivity index (χ4n) is 2.86. The lowest BCUT2D eigenvalue weighted by Crippen LogP contribution is -2.14. The molecular formula is C21H17N3O3S. The van der Waals surface area contributed by atoms with Crippen molar-refractivity contribution in [3.8, 4) is 22.1 Å². The molecule has 4 aromatic rings. The summed E-state index contributed by atoms with van der Waals surface area (Å²) in [4.78, 5) is 22.6. The molecule has 0 unspecified atom stereocenters. The van der Waals surface area contributed by atoms with Gasteiger partial charge in [-0.15, -0.1) is 0 Å². The molecule has 0 fully saturated rings. The third-order valence-corrected chi connectivity index (χ3v) is 5.24. The number of anilines is 1. The molecule has 0 saturated heterocycles.